The van der Waals surface area contributed by atoms with Gasteiger partial charge in [0, 0.05) is 11.9 Å². The molecule has 0 aliphatic carbocycles. The van der Waals surface area contributed by atoms with Gasteiger partial charge in [0.2, 0.25) is 0 Å². The average molecular weight is 411 g/mol. The van der Waals surface area contributed by atoms with E-state index in [4.69, 9.17) is 9.47 Å². The molecule has 0 fully saturated rings. The number of amides is 1. The minimum absolute atomic E-state index is 0.165. The van der Waals surface area contributed by atoms with E-state index in [1.165, 1.54) is 11.3 Å². The molecule has 0 unspecified atom stereocenters. The first-order valence-corrected chi connectivity index (χ1v) is 10.5. The van der Waals surface area contributed by atoms with Gasteiger partial charge in [0.15, 0.2) is 0 Å². The monoisotopic (exact) mass is 410 g/mol. The highest BCUT2D eigenvalue weighted by atomic mass is 32.1. The molecule has 5 nitrogen and oxygen atoms in total. The molecular formula is C23H26N2O3S. The highest BCUT2D eigenvalue weighted by Crippen LogP contribution is 2.32. The Labute approximate surface area is 175 Å². The number of thiazole rings is 1. The zero-order valence-corrected chi connectivity index (χ0v) is 17.8. The van der Waals surface area contributed by atoms with Gasteiger partial charge >= 0.3 is 0 Å². The van der Waals surface area contributed by atoms with Crippen molar-refractivity contribution in [3.05, 3.63) is 65.2 Å². The molecule has 0 aliphatic rings. The van der Waals surface area contributed by atoms with Crippen LogP contribution in [0, 0.1) is 5.92 Å². The zero-order valence-electron chi connectivity index (χ0n) is 17.0. The number of hydrogen-bond donors (Lipinski definition) is 1. The number of hydrogen-bond acceptors (Lipinski definition) is 5. The Bertz CT molecular complexity index is 935. The quantitative estimate of drug-likeness (QED) is 0.549. The van der Waals surface area contributed by atoms with Gasteiger partial charge < -0.3 is 14.8 Å². The van der Waals surface area contributed by atoms with Crippen LogP contribution in [0.1, 0.15) is 29.9 Å². The van der Waals surface area contributed by atoms with E-state index in [1.807, 2.05) is 48.5 Å². The standard InChI is InChI=1S/C23H26N2O3S/c1-16(2)14-28-21-7-5-4-6-19(21)23-25-20(15-29-23)22(26)24-13-12-17-8-10-18(27-3)11-9-17/h4-11,15-16H,12-14H2,1-3H3,(H,24,26). The number of nitrogens with one attached hydrogen (secondary N) is 1. The van der Waals surface area contributed by atoms with Crippen molar-refractivity contribution < 1.29 is 14.3 Å². The smallest absolute Gasteiger partial charge is 0.270 e. The van der Waals surface area contributed by atoms with Crippen LogP contribution in [0.15, 0.2) is 53.9 Å². The molecule has 29 heavy (non-hydrogen) atoms. The third kappa shape index (κ3) is 5.81. The summed E-state index contributed by atoms with van der Waals surface area (Å²) in [5.41, 5.74) is 2.48. The number of aromatic nitrogens is 1. The fourth-order valence-corrected chi connectivity index (χ4v) is 3.56. The van der Waals surface area contributed by atoms with E-state index < -0.39 is 0 Å². The van der Waals surface area contributed by atoms with Crippen molar-refractivity contribution in [1.82, 2.24) is 10.3 Å². The van der Waals surface area contributed by atoms with Gasteiger partial charge in [-0.05, 0) is 42.2 Å². The summed E-state index contributed by atoms with van der Waals surface area (Å²) in [6.45, 7) is 5.41. The summed E-state index contributed by atoms with van der Waals surface area (Å²) >= 11 is 1.45. The van der Waals surface area contributed by atoms with Crippen LogP contribution in [-0.4, -0.2) is 31.2 Å². The van der Waals surface area contributed by atoms with Crippen molar-refractivity contribution in [3.63, 3.8) is 0 Å². The van der Waals surface area contributed by atoms with Crippen LogP contribution in [0.2, 0.25) is 0 Å². The SMILES string of the molecule is COc1ccc(CCNC(=O)c2csc(-c3ccccc3OCC(C)C)n2)cc1. The molecular weight excluding hydrogens is 384 g/mol. The lowest BCUT2D eigenvalue weighted by Crippen LogP contribution is -2.25. The lowest BCUT2D eigenvalue weighted by molar-refractivity contribution is 0.0950. The fraction of sp³-hybridized carbons (Fsp3) is 0.304. The summed E-state index contributed by atoms with van der Waals surface area (Å²) in [7, 11) is 1.65. The molecule has 6 heteroatoms. The maximum atomic E-state index is 12.5. The minimum Gasteiger partial charge on any atom is -0.497 e. The molecule has 1 aromatic heterocycles. The predicted molar refractivity (Wildman–Crippen MR) is 117 cm³/mol. The molecule has 0 atom stereocenters. The van der Waals surface area contributed by atoms with Crippen LogP contribution in [-0.2, 0) is 6.42 Å². The molecule has 0 radical (unpaired) electrons. The van der Waals surface area contributed by atoms with Crippen LogP contribution >= 0.6 is 11.3 Å². The van der Waals surface area contributed by atoms with Gasteiger partial charge in [-0.1, -0.05) is 38.1 Å². The van der Waals surface area contributed by atoms with E-state index in [0.29, 0.717) is 24.8 Å². The van der Waals surface area contributed by atoms with Crippen molar-refractivity contribution in [2.75, 3.05) is 20.3 Å². The summed E-state index contributed by atoms with van der Waals surface area (Å²) in [4.78, 5) is 17.0. The molecule has 0 aliphatic heterocycles. The third-order valence-corrected chi connectivity index (χ3v) is 5.16. The molecule has 0 bridgehead atoms. The molecule has 0 saturated heterocycles. The highest BCUT2D eigenvalue weighted by molar-refractivity contribution is 7.13. The van der Waals surface area contributed by atoms with Crippen LogP contribution in [0.3, 0.4) is 0 Å². The number of benzene rings is 2. The van der Waals surface area contributed by atoms with E-state index in [-0.39, 0.29) is 5.91 Å². The highest BCUT2D eigenvalue weighted by Gasteiger charge is 2.14. The van der Waals surface area contributed by atoms with E-state index in [1.54, 1.807) is 12.5 Å². The summed E-state index contributed by atoms with van der Waals surface area (Å²) in [5.74, 6) is 1.89. The number of carbonyl (C=O) groups excluding carboxylic acids is 1. The van der Waals surface area contributed by atoms with Crippen molar-refractivity contribution in [1.29, 1.82) is 0 Å². The minimum atomic E-state index is -0.165. The van der Waals surface area contributed by atoms with E-state index in [0.717, 1.165) is 34.1 Å². The summed E-state index contributed by atoms with van der Waals surface area (Å²) in [5, 5.41) is 5.51. The Kier molecular flexibility index (Phi) is 7.25. The van der Waals surface area contributed by atoms with Gasteiger partial charge in [-0.25, -0.2) is 4.98 Å². The van der Waals surface area contributed by atoms with Gasteiger partial charge in [0.1, 0.15) is 22.2 Å². The van der Waals surface area contributed by atoms with Gasteiger partial charge in [0.05, 0.1) is 19.3 Å². The number of methoxy groups -OCH3 is 1. The lowest BCUT2D eigenvalue weighted by atomic mass is 10.1. The Morgan fingerprint density at radius 3 is 2.62 bits per heavy atom. The number of ether oxygens (including phenoxy) is 2. The maximum absolute atomic E-state index is 12.5. The van der Waals surface area contributed by atoms with Gasteiger partial charge in [-0.3, -0.25) is 4.79 Å². The van der Waals surface area contributed by atoms with Crippen LogP contribution < -0.4 is 14.8 Å². The Morgan fingerprint density at radius 1 is 1.14 bits per heavy atom. The first kappa shape index (κ1) is 20.9. The van der Waals surface area contributed by atoms with E-state index in [2.05, 4.69) is 24.1 Å². The Hall–Kier alpha value is -2.86. The molecule has 1 amide bonds. The average Bonchev–Trinajstić information content (AvgIpc) is 3.23. The van der Waals surface area contributed by atoms with Crippen LogP contribution in [0.5, 0.6) is 11.5 Å². The van der Waals surface area contributed by atoms with Crippen molar-refractivity contribution in [2.24, 2.45) is 5.92 Å². The second-order valence-electron chi connectivity index (χ2n) is 7.09. The number of carbonyl (C=O) groups is 1. The van der Waals surface area contributed by atoms with Crippen LogP contribution in [0.4, 0.5) is 0 Å². The number of para-hydroxylation sites is 1. The summed E-state index contributed by atoms with van der Waals surface area (Å²) in [6, 6.07) is 15.6. The van der Waals surface area contributed by atoms with Crippen molar-refractivity contribution in [3.8, 4) is 22.1 Å². The van der Waals surface area contributed by atoms with E-state index >= 15 is 0 Å². The molecule has 152 valence electrons. The second kappa shape index (κ2) is 10.1. The first-order valence-electron chi connectivity index (χ1n) is 9.65. The van der Waals surface area contributed by atoms with Crippen molar-refractivity contribution >= 4 is 17.2 Å². The Balaban J connectivity index is 1.60. The zero-order chi connectivity index (χ0) is 20.6. The molecule has 0 saturated carbocycles. The van der Waals surface area contributed by atoms with Gasteiger partial charge in [0.25, 0.3) is 5.91 Å². The number of rotatable bonds is 9. The Morgan fingerprint density at radius 2 is 1.90 bits per heavy atom. The lowest BCUT2D eigenvalue weighted by Gasteiger charge is -2.11. The fourth-order valence-electron chi connectivity index (χ4n) is 2.73. The van der Waals surface area contributed by atoms with Gasteiger partial charge in [-0.2, -0.15) is 0 Å². The third-order valence-electron chi connectivity index (χ3n) is 4.28. The summed E-state index contributed by atoms with van der Waals surface area (Å²) in [6.07, 6.45) is 0.749. The largest absolute Gasteiger partial charge is 0.497 e. The normalized spacial score (nSPS) is 10.8. The summed E-state index contributed by atoms with van der Waals surface area (Å²) < 4.78 is 11.1. The molecule has 2 aromatic carbocycles. The van der Waals surface area contributed by atoms with E-state index in [9.17, 15) is 4.79 Å². The predicted octanol–water partition coefficient (Wildman–Crippen LogP) is 4.83. The maximum Gasteiger partial charge on any atom is 0.270 e. The molecule has 1 N–H and O–H groups in total. The number of nitrogens with zero attached hydrogens (tertiary/aromatic N) is 1. The first-order chi connectivity index (χ1) is 14.1. The van der Waals surface area contributed by atoms with Gasteiger partial charge in [-0.15, -0.1) is 11.3 Å². The van der Waals surface area contributed by atoms with Crippen molar-refractivity contribution in [2.45, 2.75) is 20.3 Å². The molecule has 3 aromatic rings. The topological polar surface area (TPSA) is 60.5 Å². The molecule has 0 spiro atoms. The second-order valence-corrected chi connectivity index (χ2v) is 7.95. The molecule has 1 heterocycles. The van der Waals surface area contributed by atoms with Crippen LogP contribution in [0.25, 0.3) is 10.6 Å². The molecule has 3 rings (SSSR count).